The second kappa shape index (κ2) is 10.2. The third-order valence-electron chi connectivity index (χ3n) is 2.83. The summed E-state index contributed by atoms with van der Waals surface area (Å²) in [5.74, 6) is 0.146. The van der Waals surface area contributed by atoms with Crippen molar-refractivity contribution in [3.63, 3.8) is 0 Å². The Morgan fingerprint density at radius 1 is 1.32 bits per heavy atom. The molecular formula is C15H22ClN3O2S. The third kappa shape index (κ3) is 7.47. The average molecular weight is 344 g/mol. The summed E-state index contributed by atoms with van der Waals surface area (Å²) in [7, 11) is 0. The molecule has 0 aliphatic rings. The number of ether oxygens (including phenoxy) is 1. The topological polar surface area (TPSA) is 62.4 Å². The largest absolute Gasteiger partial charge is 0.482 e. The van der Waals surface area contributed by atoms with Crippen molar-refractivity contribution in [1.82, 2.24) is 16.2 Å². The molecule has 1 amide bonds. The first-order valence-corrected chi connectivity index (χ1v) is 8.03. The van der Waals surface area contributed by atoms with Crippen LogP contribution in [0.15, 0.2) is 18.2 Å². The minimum Gasteiger partial charge on any atom is -0.482 e. The van der Waals surface area contributed by atoms with Crippen molar-refractivity contribution in [3.8, 4) is 5.75 Å². The van der Waals surface area contributed by atoms with Crippen LogP contribution >= 0.6 is 23.8 Å². The van der Waals surface area contributed by atoms with Gasteiger partial charge >= 0.3 is 0 Å². The second-order valence-electron chi connectivity index (χ2n) is 4.86. The highest BCUT2D eigenvalue weighted by molar-refractivity contribution is 7.80. The molecule has 7 heteroatoms. The number of thiocarbonyl (C=S) groups is 1. The fraction of sp³-hybridized carbons (Fsp3) is 0.467. The fourth-order valence-corrected chi connectivity index (χ4v) is 1.97. The summed E-state index contributed by atoms with van der Waals surface area (Å²) in [6, 6.07) is 5.39. The second-order valence-corrected chi connectivity index (χ2v) is 5.67. The van der Waals surface area contributed by atoms with E-state index in [0.29, 0.717) is 15.9 Å². The number of hydrogen-bond acceptors (Lipinski definition) is 3. The van der Waals surface area contributed by atoms with Crippen molar-refractivity contribution >= 4 is 34.8 Å². The van der Waals surface area contributed by atoms with E-state index in [0.717, 1.165) is 31.4 Å². The van der Waals surface area contributed by atoms with E-state index in [1.54, 1.807) is 12.1 Å². The minimum atomic E-state index is -0.338. The third-order valence-corrected chi connectivity index (χ3v) is 3.39. The van der Waals surface area contributed by atoms with Crippen LogP contribution < -0.4 is 20.9 Å². The molecule has 0 spiro atoms. The van der Waals surface area contributed by atoms with Crippen LogP contribution in [0.5, 0.6) is 5.75 Å². The van der Waals surface area contributed by atoms with E-state index in [1.165, 1.54) is 0 Å². The standard InChI is InChI=1S/C15H22ClN3O2S/c1-3-4-5-8-17-15(22)19-18-14(20)10-21-13-9-11(2)6-7-12(13)16/h6-7,9H,3-5,8,10H2,1-2H3,(H,18,20)(H2,17,19,22). The molecule has 0 aliphatic heterocycles. The van der Waals surface area contributed by atoms with Gasteiger partial charge in [-0.25, -0.2) is 0 Å². The Morgan fingerprint density at radius 3 is 2.82 bits per heavy atom. The molecular weight excluding hydrogens is 322 g/mol. The molecule has 0 bridgehead atoms. The summed E-state index contributed by atoms with van der Waals surface area (Å²) in [6.45, 7) is 4.70. The van der Waals surface area contributed by atoms with Gasteiger partial charge in [0, 0.05) is 6.54 Å². The molecule has 122 valence electrons. The first kappa shape index (κ1) is 18.5. The monoisotopic (exact) mass is 343 g/mol. The number of benzene rings is 1. The SMILES string of the molecule is CCCCCNC(=S)NNC(=O)COc1cc(C)ccc1Cl. The zero-order valence-electron chi connectivity index (χ0n) is 12.9. The van der Waals surface area contributed by atoms with Crippen LogP contribution in [-0.4, -0.2) is 24.2 Å². The van der Waals surface area contributed by atoms with Gasteiger partial charge in [-0.2, -0.15) is 0 Å². The van der Waals surface area contributed by atoms with Crippen LogP contribution in [0.25, 0.3) is 0 Å². The number of hydrazine groups is 1. The molecule has 0 aromatic heterocycles. The average Bonchev–Trinajstić information content (AvgIpc) is 2.50. The highest BCUT2D eigenvalue weighted by Gasteiger charge is 2.06. The first-order chi connectivity index (χ1) is 10.5. The number of rotatable bonds is 7. The van der Waals surface area contributed by atoms with E-state index in [9.17, 15) is 4.79 Å². The van der Waals surface area contributed by atoms with E-state index >= 15 is 0 Å². The summed E-state index contributed by atoms with van der Waals surface area (Å²) in [6.07, 6.45) is 3.34. The molecule has 3 N–H and O–H groups in total. The minimum absolute atomic E-state index is 0.144. The summed E-state index contributed by atoms with van der Waals surface area (Å²) >= 11 is 11.0. The number of hydrogen-bond donors (Lipinski definition) is 3. The number of aryl methyl sites for hydroxylation is 1. The van der Waals surface area contributed by atoms with Gasteiger partial charge in [0.15, 0.2) is 11.7 Å². The summed E-state index contributed by atoms with van der Waals surface area (Å²) in [4.78, 5) is 11.7. The Balaban J connectivity index is 2.23. The lowest BCUT2D eigenvalue weighted by Crippen LogP contribution is -2.48. The fourth-order valence-electron chi connectivity index (χ4n) is 1.65. The smallest absolute Gasteiger partial charge is 0.276 e. The number of halogens is 1. The molecule has 0 aliphatic carbocycles. The maximum atomic E-state index is 11.7. The molecule has 0 atom stereocenters. The van der Waals surface area contributed by atoms with Crippen LogP contribution in [0.4, 0.5) is 0 Å². The quantitative estimate of drug-likeness (QED) is 0.403. The molecule has 0 heterocycles. The first-order valence-electron chi connectivity index (χ1n) is 7.24. The van der Waals surface area contributed by atoms with Gasteiger partial charge in [-0.15, -0.1) is 0 Å². The van der Waals surface area contributed by atoms with Crippen molar-refractivity contribution in [3.05, 3.63) is 28.8 Å². The molecule has 1 rings (SSSR count). The van der Waals surface area contributed by atoms with Crippen molar-refractivity contribution < 1.29 is 9.53 Å². The Kier molecular flexibility index (Phi) is 8.62. The molecule has 0 radical (unpaired) electrons. The Bertz CT molecular complexity index is 512. The Hall–Kier alpha value is -1.53. The van der Waals surface area contributed by atoms with Gasteiger partial charge in [-0.1, -0.05) is 37.4 Å². The highest BCUT2D eigenvalue weighted by Crippen LogP contribution is 2.24. The maximum absolute atomic E-state index is 11.7. The lowest BCUT2D eigenvalue weighted by molar-refractivity contribution is -0.123. The van der Waals surface area contributed by atoms with E-state index in [-0.39, 0.29) is 12.5 Å². The molecule has 1 aromatic carbocycles. The molecule has 0 saturated carbocycles. The van der Waals surface area contributed by atoms with Crippen LogP contribution in [-0.2, 0) is 4.79 Å². The Morgan fingerprint density at radius 2 is 2.09 bits per heavy atom. The summed E-state index contributed by atoms with van der Waals surface area (Å²) in [5, 5.41) is 3.87. The zero-order chi connectivity index (χ0) is 16.4. The molecule has 1 aromatic rings. The normalized spacial score (nSPS) is 9.95. The van der Waals surface area contributed by atoms with Gasteiger partial charge in [0.2, 0.25) is 0 Å². The molecule has 0 fully saturated rings. The predicted molar refractivity (Wildman–Crippen MR) is 93.1 cm³/mol. The Labute approximate surface area is 141 Å². The zero-order valence-corrected chi connectivity index (χ0v) is 14.4. The summed E-state index contributed by atoms with van der Waals surface area (Å²) < 4.78 is 5.38. The van der Waals surface area contributed by atoms with Gasteiger partial charge in [-0.3, -0.25) is 15.6 Å². The number of carbonyl (C=O) groups excluding carboxylic acids is 1. The predicted octanol–water partition coefficient (Wildman–Crippen LogP) is 2.71. The lowest BCUT2D eigenvalue weighted by atomic mass is 10.2. The summed E-state index contributed by atoms with van der Waals surface area (Å²) in [5.41, 5.74) is 6.11. The number of carbonyl (C=O) groups is 1. The number of unbranched alkanes of at least 4 members (excludes halogenated alkanes) is 2. The van der Waals surface area contributed by atoms with E-state index < -0.39 is 0 Å². The van der Waals surface area contributed by atoms with E-state index in [1.807, 2.05) is 13.0 Å². The van der Waals surface area contributed by atoms with Gasteiger partial charge in [-0.05, 0) is 43.3 Å². The van der Waals surface area contributed by atoms with Crippen LogP contribution in [0, 0.1) is 6.92 Å². The maximum Gasteiger partial charge on any atom is 0.276 e. The van der Waals surface area contributed by atoms with Gasteiger partial charge in [0.05, 0.1) is 5.02 Å². The number of amides is 1. The van der Waals surface area contributed by atoms with E-state index in [2.05, 4.69) is 23.1 Å². The van der Waals surface area contributed by atoms with Crippen molar-refractivity contribution in [2.24, 2.45) is 0 Å². The van der Waals surface area contributed by atoms with Gasteiger partial charge < -0.3 is 10.1 Å². The van der Waals surface area contributed by atoms with Crippen molar-refractivity contribution in [2.75, 3.05) is 13.2 Å². The number of nitrogens with one attached hydrogen (secondary N) is 3. The van der Waals surface area contributed by atoms with Gasteiger partial charge in [0.25, 0.3) is 5.91 Å². The highest BCUT2D eigenvalue weighted by atomic mass is 35.5. The molecule has 0 saturated heterocycles. The van der Waals surface area contributed by atoms with Gasteiger partial charge in [0.1, 0.15) is 5.75 Å². The lowest BCUT2D eigenvalue weighted by Gasteiger charge is -2.12. The van der Waals surface area contributed by atoms with Crippen LogP contribution in [0.1, 0.15) is 31.7 Å². The molecule has 0 unspecified atom stereocenters. The van der Waals surface area contributed by atoms with Crippen LogP contribution in [0.2, 0.25) is 5.02 Å². The van der Waals surface area contributed by atoms with Crippen LogP contribution in [0.3, 0.4) is 0 Å². The van der Waals surface area contributed by atoms with Crippen molar-refractivity contribution in [2.45, 2.75) is 33.1 Å². The van der Waals surface area contributed by atoms with Crippen molar-refractivity contribution in [1.29, 1.82) is 0 Å². The van der Waals surface area contributed by atoms with E-state index in [4.69, 9.17) is 28.6 Å². The molecule has 5 nitrogen and oxygen atoms in total. The molecule has 22 heavy (non-hydrogen) atoms.